The second-order valence-corrected chi connectivity index (χ2v) is 5.05. The molecule has 5 nitrogen and oxygen atoms in total. The zero-order chi connectivity index (χ0) is 14.7. The number of carbonyl (C=O) groups is 2. The highest BCUT2D eigenvalue weighted by Gasteiger charge is 2.30. The van der Waals surface area contributed by atoms with Crippen LogP contribution in [0.15, 0.2) is 24.3 Å². The molecule has 1 heterocycles. The lowest BCUT2D eigenvalue weighted by atomic mass is 9.96. The number of carbonyl (C=O) groups excluding carboxylic acids is 2. The van der Waals surface area contributed by atoms with E-state index >= 15 is 0 Å². The lowest BCUT2D eigenvalue weighted by Crippen LogP contribution is -2.49. The van der Waals surface area contributed by atoms with E-state index in [1.54, 1.807) is 0 Å². The molecule has 2 atom stereocenters. The molecule has 1 fully saturated rings. The minimum atomic E-state index is -0.822. The van der Waals surface area contributed by atoms with Gasteiger partial charge in [-0.25, -0.2) is 4.39 Å². The Bertz CT molecular complexity index is 521. The Morgan fingerprint density at radius 2 is 2.20 bits per heavy atom. The van der Waals surface area contributed by atoms with Crippen LogP contribution in [0.4, 0.5) is 10.1 Å². The van der Waals surface area contributed by atoms with Gasteiger partial charge in [-0.05, 0) is 30.5 Å². The normalized spacial score (nSPS) is 22.4. The van der Waals surface area contributed by atoms with Crippen LogP contribution in [0.25, 0.3) is 0 Å². The Kier molecular flexibility index (Phi) is 4.34. The molecule has 108 valence electrons. The molecule has 1 aromatic carbocycles. The number of hydrogen-bond donors (Lipinski definition) is 2. The van der Waals surface area contributed by atoms with Crippen molar-refractivity contribution in [3.63, 3.8) is 0 Å². The van der Waals surface area contributed by atoms with Crippen LogP contribution < -0.4 is 5.32 Å². The first-order valence-corrected chi connectivity index (χ1v) is 6.51. The number of hydrogen-bond acceptors (Lipinski definition) is 3. The number of aliphatic hydroxyl groups is 1. The molecular formula is C14H17FN2O3. The standard InChI is InChI=1S/C14H17FN2O3/c1-9-5-6-17(8-12(9)18)14(20)13(19)16-11-4-2-3-10(15)7-11/h2-4,7,9,12,18H,5-6,8H2,1H3,(H,16,19). The zero-order valence-corrected chi connectivity index (χ0v) is 11.2. The van der Waals surface area contributed by atoms with Gasteiger partial charge in [0.1, 0.15) is 5.82 Å². The van der Waals surface area contributed by atoms with Crippen molar-refractivity contribution in [3.05, 3.63) is 30.1 Å². The fourth-order valence-corrected chi connectivity index (χ4v) is 2.13. The van der Waals surface area contributed by atoms with E-state index < -0.39 is 23.7 Å². The smallest absolute Gasteiger partial charge is 0.313 e. The van der Waals surface area contributed by atoms with Gasteiger partial charge in [-0.1, -0.05) is 13.0 Å². The fourth-order valence-electron chi connectivity index (χ4n) is 2.13. The van der Waals surface area contributed by atoms with Crippen LogP contribution in [0.3, 0.4) is 0 Å². The third-order valence-corrected chi connectivity index (χ3v) is 3.48. The zero-order valence-electron chi connectivity index (χ0n) is 11.2. The van der Waals surface area contributed by atoms with Gasteiger partial charge >= 0.3 is 11.8 Å². The van der Waals surface area contributed by atoms with Crippen molar-refractivity contribution in [2.24, 2.45) is 5.92 Å². The molecule has 1 saturated heterocycles. The van der Waals surface area contributed by atoms with Gasteiger partial charge in [-0.3, -0.25) is 9.59 Å². The number of likely N-dealkylation sites (tertiary alicyclic amines) is 1. The van der Waals surface area contributed by atoms with E-state index in [-0.39, 0.29) is 18.2 Å². The molecule has 1 aromatic rings. The van der Waals surface area contributed by atoms with Crippen molar-refractivity contribution in [1.29, 1.82) is 0 Å². The summed E-state index contributed by atoms with van der Waals surface area (Å²) >= 11 is 0. The van der Waals surface area contributed by atoms with Gasteiger partial charge in [0.05, 0.1) is 6.10 Å². The molecule has 6 heteroatoms. The molecule has 2 N–H and O–H groups in total. The lowest BCUT2D eigenvalue weighted by molar-refractivity contribution is -0.146. The summed E-state index contributed by atoms with van der Waals surface area (Å²) in [6, 6.07) is 5.33. The molecule has 0 saturated carbocycles. The van der Waals surface area contributed by atoms with E-state index in [2.05, 4.69) is 5.32 Å². The molecule has 2 amide bonds. The number of halogens is 1. The Labute approximate surface area is 116 Å². The summed E-state index contributed by atoms with van der Waals surface area (Å²) in [4.78, 5) is 25.1. The number of nitrogens with zero attached hydrogens (tertiary/aromatic N) is 1. The van der Waals surface area contributed by atoms with E-state index in [0.29, 0.717) is 13.0 Å². The molecule has 20 heavy (non-hydrogen) atoms. The van der Waals surface area contributed by atoms with Gasteiger partial charge < -0.3 is 15.3 Å². The maximum atomic E-state index is 13.0. The number of benzene rings is 1. The first-order chi connectivity index (χ1) is 9.47. The predicted molar refractivity (Wildman–Crippen MR) is 71.4 cm³/mol. The van der Waals surface area contributed by atoms with E-state index in [1.165, 1.54) is 23.1 Å². The second kappa shape index (κ2) is 6.00. The van der Waals surface area contributed by atoms with Crippen molar-refractivity contribution < 1.29 is 19.1 Å². The van der Waals surface area contributed by atoms with Crippen molar-refractivity contribution >= 4 is 17.5 Å². The Morgan fingerprint density at radius 1 is 1.45 bits per heavy atom. The van der Waals surface area contributed by atoms with Crippen LogP contribution in [-0.4, -0.2) is 41.0 Å². The van der Waals surface area contributed by atoms with Crippen LogP contribution in [-0.2, 0) is 9.59 Å². The summed E-state index contributed by atoms with van der Waals surface area (Å²) in [5.74, 6) is -1.90. The topological polar surface area (TPSA) is 69.6 Å². The van der Waals surface area contributed by atoms with E-state index in [4.69, 9.17) is 0 Å². The fraction of sp³-hybridized carbons (Fsp3) is 0.429. The number of piperidine rings is 1. The number of aliphatic hydroxyl groups excluding tert-OH is 1. The van der Waals surface area contributed by atoms with Crippen LogP contribution in [0.2, 0.25) is 0 Å². The average molecular weight is 280 g/mol. The Balaban J connectivity index is 1.97. The lowest BCUT2D eigenvalue weighted by Gasteiger charge is -2.33. The first-order valence-electron chi connectivity index (χ1n) is 6.51. The van der Waals surface area contributed by atoms with Crippen molar-refractivity contribution in [2.75, 3.05) is 18.4 Å². The maximum absolute atomic E-state index is 13.0. The van der Waals surface area contributed by atoms with Gasteiger partial charge in [-0.15, -0.1) is 0 Å². The van der Waals surface area contributed by atoms with Gasteiger partial charge in [-0.2, -0.15) is 0 Å². The summed E-state index contributed by atoms with van der Waals surface area (Å²) in [6.07, 6.45) is 0.0369. The number of anilines is 1. The molecular weight excluding hydrogens is 263 g/mol. The van der Waals surface area contributed by atoms with Crippen molar-refractivity contribution in [2.45, 2.75) is 19.4 Å². The maximum Gasteiger partial charge on any atom is 0.313 e. The highest BCUT2D eigenvalue weighted by atomic mass is 19.1. The van der Waals surface area contributed by atoms with Crippen LogP contribution in [0.5, 0.6) is 0 Å². The van der Waals surface area contributed by atoms with Gasteiger partial charge in [0.25, 0.3) is 0 Å². The number of β-amino-alcohol motifs (C(OH)–C–C–N with tert-alkyl or cyclic N) is 1. The minimum absolute atomic E-state index is 0.116. The largest absolute Gasteiger partial charge is 0.391 e. The molecule has 0 spiro atoms. The highest BCUT2D eigenvalue weighted by Crippen LogP contribution is 2.17. The number of nitrogens with one attached hydrogen (secondary N) is 1. The second-order valence-electron chi connectivity index (χ2n) is 5.05. The molecule has 1 aliphatic rings. The first kappa shape index (κ1) is 14.5. The number of rotatable bonds is 1. The third kappa shape index (κ3) is 3.33. The van der Waals surface area contributed by atoms with E-state index in [0.717, 1.165) is 6.07 Å². The van der Waals surface area contributed by atoms with E-state index in [9.17, 15) is 19.1 Å². The Hall–Kier alpha value is -1.95. The van der Waals surface area contributed by atoms with Crippen LogP contribution in [0, 0.1) is 11.7 Å². The van der Waals surface area contributed by atoms with Gasteiger partial charge in [0.2, 0.25) is 0 Å². The summed E-state index contributed by atoms with van der Waals surface area (Å²) < 4.78 is 13.0. The Morgan fingerprint density at radius 3 is 2.85 bits per heavy atom. The predicted octanol–water partition coefficient (Wildman–Crippen LogP) is 0.993. The third-order valence-electron chi connectivity index (χ3n) is 3.48. The SMILES string of the molecule is CC1CCN(C(=O)C(=O)Nc2cccc(F)c2)CC1O. The van der Waals surface area contributed by atoms with Crippen molar-refractivity contribution in [1.82, 2.24) is 4.90 Å². The number of amides is 2. The van der Waals surface area contributed by atoms with E-state index in [1.807, 2.05) is 6.92 Å². The molecule has 0 aromatic heterocycles. The molecule has 0 bridgehead atoms. The molecule has 0 aliphatic carbocycles. The van der Waals surface area contributed by atoms with Gasteiger partial charge in [0.15, 0.2) is 0 Å². The molecule has 0 radical (unpaired) electrons. The van der Waals surface area contributed by atoms with Crippen molar-refractivity contribution in [3.8, 4) is 0 Å². The molecule has 1 aliphatic heterocycles. The summed E-state index contributed by atoms with van der Waals surface area (Å²) in [5.41, 5.74) is 0.231. The molecule has 2 unspecified atom stereocenters. The molecule has 2 rings (SSSR count). The average Bonchev–Trinajstić information content (AvgIpc) is 2.41. The van der Waals surface area contributed by atoms with Crippen LogP contribution in [0.1, 0.15) is 13.3 Å². The summed E-state index contributed by atoms with van der Waals surface area (Å²) in [5, 5.41) is 12.1. The van der Waals surface area contributed by atoms with Gasteiger partial charge in [0, 0.05) is 18.8 Å². The van der Waals surface area contributed by atoms with Crippen LogP contribution >= 0.6 is 0 Å². The summed E-state index contributed by atoms with van der Waals surface area (Å²) in [6.45, 7) is 2.49. The minimum Gasteiger partial charge on any atom is -0.391 e. The highest BCUT2D eigenvalue weighted by molar-refractivity contribution is 6.39. The monoisotopic (exact) mass is 280 g/mol. The quantitative estimate of drug-likeness (QED) is 0.754. The summed E-state index contributed by atoms with van der Waals surface area (Å²) in [7, 11) is 0.